The van der Waals surface area contributed by atoms with E-state index in [2.05, 4.69) is 30.7 Å². The number of imide groups is 1. The summed E-state index contributed by atoms with van der Waals surface area (Å²) in [5.74, 6) is -0.395. The number of piperazine rings is 1. The quantitative estimate of drug-likeness (QED) is 0.145. The standard InChI is InChI=1S/C42H46F3N9O5S/c1-2-25-17-28(54-40(60)53(39(58)41(54)13-4-14-41)31-19-32(42(43,44)45)34(20-46)47-21-31)9-11-35(25)59-16-15-51-22-29-7-8-30(23-51)52(29)24-37(56)49-27-6-3-5-26(18-27)48-33-10-12-36(55)50-38(33)57/h3,5-6,9,11,17-19,21,29-30,33,40,48,60H,2,4,7-8,10,12-16,22-24H2,1H3,(H,49,56)(H,50,55,57). The fraction of sp³-hybridized carbons (Fsp3) is 0.476. The molecule has 8 rings (SSSR count). The van der Waals surface area contributed by atoms with Crippen LogP contribution in [0.15, 0.2) is 54.7 Å². The van der Waals surface area contributed by atoms with Gasteiger partial charge in [0.25, 0.3) is 5.91 Å². The average Bonchev–Trinajstić information content (AvgIpc) is 3.57. The Morgan fingerprint density at radius 1 is 1.05 bits per heavy atom. The van der Waals surface area contributed by atoms with E-state index >= 15 is 0 Å². The summed E-state index contributed by atoms with van der Waals surface area (Å²) in [6.07, 6.45) is 1.42. The van der Waals surface area contributed by atoms with E-state index in [9.17, 15) is 37.6 Å². The summed E-state index contributed by atoms with van der Waals surface area (Å²) in [6.45, 7) is 5.03. The van der Waals surface area contributed by atoms with Crippen LogP contribution in [0.25, 0.3) is 0 Å². The molecule has 4 unspecified atom stereocenters. The number of nitrogens with zero attached hydrogens (tertiary/aromatic N) is 6. The van der Waals surface area contributed by atoms with Crippen LogP contribution >= 0.6 is 12.6 Å². The predicted molar refractivity (Wildman–Crippen MR) is 219 cm³/mol. The zero-order chi connectivity index (χ0) is 42.3. The van der Waals surface area contributed by atoms with Crippen molar-refractivity contribution in [1.29, 1.82) is 5.26 Å². The topological polar surface area (TPSA) is 163 Å². The number of nitriles is 1. The third-order valence-corrected chi connectivity index (χ3v) is 12.9. The number of hydrogen-bond donors (Lipinski definition) is 4. The maximum absolute atomic E-state index is 14.0. The second-order valence-electron chi connectivity index (χ2n) is 16.1. The summed E-state index contributed by atoms with van der Waals surface area (Å²) in [5.41, 5.74) is -0.986. The molecule has 3 N–H and O–H groups in total. The van der Waals surface area contributed by atoms with Gasteiger partial charge in [0.2, 0.25) is 17.7 Å². The molecule has 1 saturated carbocycles. The van der Waals surface area contributed by atoms with Gasteiger partial charge in [0.1, 0.15) is 30.0 Å². The fourth-order valence-corrected chi connectivity index (χ4v) is 9.87. The second-order valence-corrected chi connectivity index (χ2v) is 16.5. The molecule has 5 fully saturated rings. The third-order valence-electron chi connectivity index (χ3n) is 12.4. The predicted octanol–water partition coefficient (Wildman–Crippen LogP) is 4.91. The van der Waals surface area contributed by atoms with Crippen molar-refractivity contribution in [2.45, 2.75) is 93.6 Å². The number of alkyl halides is 3. The largest absolute Gasteiger partial charge is 0.492 e. The molecule has 0 radical (unpaired) electrons. The van der Waals surface area contributed by atoms with Gasteiger partial charge in [-0.3, -0.25) is 39.2 Å². The molecular weight excluding hydrogens is 800 g/mol. The SMILES string of the molecule is CCc1cc(N2C(S)N(c3cnc(C#N)c(C(F)(F)F)c3)C(=O)C23CCC3)ccc1OCCN1CC2CCC(C1)N2CC(=O)Nc1cccc(NC2CCC(=O)NC2=O)c1. The molecule has 1 aliphatic carbocycles. The number of carbonyl (C=O) groups is 4. The Morgan fingerprint density at radius 3 is 2.47 bits per heavy atom. The van der Waals surface area contributed by atoms with E-state index in [0.29, 0.717) is 61.6 Å². The van der Waals surface area contributed by atoms with Crippen LogP contribution in [0.5, 0.6) is 5.75 Å². The van der Waals surface area contributed by atoms with E-state index in [1.165, 1.54) is 11.0 Å². The lowest BCUT2D eigenvalue weighted by molar-refractivity contribution is -0.138. The highest BCUT2D eigenvalue weighted by Crippen LogP contribution is 2.51. The number of nitrogens with one attached hydrogen (secondary N) is 3. The number of benzene rings is 2. The van der Waals surface area contributed by atoms with E-state index in [1.807, 2.05) is 36.1 Å². The van der Waals surface area contributed by atoms with Crippen LogP contribution in [0.4, 0.5) is 35.9 Å². The minimum absolute atomic E-state index is 0.0721. The van der Waals surface area contributed by atoms with E-state index < -0.39 is 34.5 Å². The number of anilines is 4. The van der Waals surface area contributed by atoms with Crippen molar-refractivity contribution in [3.63, 3.8) is 0 Å². The number of pyridine rings is 1. The molecule has 4 atom stereocenters. The Hall–Kier alpha value is -5.38. The fourth-order valence-electron chi connectivity index (χ4n) is 9.28. The lowest BCUT2D eigenvalue weighted by atomic mass is 9.75. The molecule has 18 heteroatoms. The van der Waals surface area contributed by atoms with Gasteiger partial charge < -0.3 is 20.3 Å². The minimum atomic E-state index is -4.83. The lowest BCUT2D eigenvalue weighted by Crippen LogP contribution is -2.56. The number of rotatable bonds is 12. The summed E-state index contributed by atoms with van der Waals surface area (Å²) in [7, 11) is 0. The summed E-state index contributed by atoms with van der Waals surface area (Å²) in [5, 5.41) is 17.7. The smallest absolute Gasteiger partial charge is 0.419 e. The van der Waals surface area contributed by atoms with Crippen molar-refractivity contribution in [2.75, 3.05) is 53.2 Å². The molecule has 4 aliphatic heterocycles. The number of amides is 4. The first-order chi connectivity index (χ1) is 28.8. The molecule has 14 nitrogen and oxygen atoms in total. The molecular formula is C42H46F3N9O5S. The first-order valence-electron chi connectivity index (χ1n) is 20.3. The van der Waals surface area contributed by atoms with Crippen molar-refractivity contribution >= 4 is 59.0 Å². The highest BCUT2D eigenvalue weighted by molar-refractivity contribution is 7.81. The Labute approximate surface area is 350 Å². The van der Waals surface area contributed by atoms with Crippen LogP contribution in [0.3, 0.4) is 0 Å². The van der Waals surface area contributed by atoms with Gasteiger partial charge in [0, 0.05) is 55.2 Å². The third kappa shape index (κ3) is 7.97. The Balaban J connectivity index is 0.862. The molecule has 4 saturated heterocycles. The molecule has 2 aromatic carbocycles. The number of hydrogen-bond acceptors (Lipinski definition) is 12. The molecule has 60 heavy (non-hydrogen) atoms. The van der Waals surface area contributed by atoms with Crippen LogP contribution in [-0.2, 0) is 31.8 Å². The Morgan fingerprint density at radius 2 is 1.80 bits per heavy atom. The number of piperidine rings is 1. The van der Waals surface area contributed by atoms with Gasteiger partial charge in [0.15, 0.2) is 11.2 Å². The van der Waals surface area contributed by atoms with Gasteiger partial charge in [-0.05, 0) is 93.0 Å². The zero-order valence-electron chi connectivity index (χ0n) is 33.0. The van der Waals surface area contributed by atoms with Crippen molar-refractivity contribution < 1.29 is 37.1 Å². The number of likely N-dealkylation sites (tertiary alicyclic amines) is 1. The van der Waals surface area contributed by atoms with E-state index in [-0.39, 0.29) is 54.4 Å². The van der Waals surface area contributed by atoms with Gasteiger partial charge in [-0.1, -0.05) is 13.0 Å². The maximum Gasteiger partial charge on any atom is 0.419 e. The summed E-state index contributed by atoms with van der Waals surface area (Å²) >= 11 is 4.79. The van der Waals surface area contributed by atoms with Gasteiger partial charge in [-0.2, -0.15) is 18.4 Å². The van der Waals surface area contributed by atoms with E-state index in [0.717, 1.165) is 50.2 Å². The van der Waals surface area contributed by atoms with E-state index in [1.54, 1.807) is 18.2 Å². The molecule has 4 amide bonds. The number of aromatic nitrogens is 1. The first-order valence-corrected chi connectivity index (χ1v) is 20.8. The van der Waals surface area contributed by atoms with E-state index in [4.69, 9.17) is 17.4 Å². The normalized spacial score (nSPS) is 24.0. The van der Waals surface area contributed by atoms with Crippen LogP contribution in [0, 0.1) is 11.3 Å². The summed E-state index contributed by atoms with van der Waals surface area (Å²) in [6, 6.07) is 15.1. The van der Waals surface area contributed by atoms with Crippen molar-refractivity contribution in [2.24, 2.45) is 0 Å². The van der Waals surface area contributed by atoms with Gasteiger partial charge in [-0.25, -0.2) is 4.98 Å². The van der Waals surface area contributed by atoms with Crippen molar-refractivity contribution in [3.8, 4) is 11.8 Å². The lowest BCUT2D eigenvalue weighted by Gasteiger charge is -2.44. The Kier molecular flexibility index (Phi) is 11.4. The molecule has 5 heterocycles. The van der Waals surface area contributed by atoms with Gasteiger partial charge >= 0.3 is 6.18 Å². The van der Waals surface area contributed by atoms with Crippen LogP contribution < -0.4 is 30.5 Å². The number of halogens is 3. The molecule has 2 bridgehead atoms. The molecule has 3 aromatic rings. The van der Waals surface area contributed by atoms with Crippen LogP contribution in [-0.4, -0.2) is 100 Å². The van der Waals surface area contributed by atoms with Crippen LogP contribution in [0.1, 0.15) is 68.7 Å². The summed E-state index contributed by atoms with van der Waals surface area (Å²) < 4.78 is 47.9. The van der Waals surface area contributed by atoms with Crippen molar-refractivity contribution in [3.05, 3.63) is 71.5 Å². The van der Waals surface area contributed by atoms with Crippen LogP contribution in [0.2, 0.25) is 0 Å². The maximum atomic E-state index is 14.0. The average molecular weight is 846 g/mol. The molecule has 1 aromatic heterocycles. The highest BCUT2D eigenvalue weighted by Gasteiger charge is 2.60. The number of fused-ring (bicyclic) bond motifs is 2. The first kappa shape index (κ1) is 41.4. The number of aryl methyl sites for hydroxylation is 1. The molecule has 1 spiro atoms. The summed E-state index contributed by atoms with van der Waals surface area (Å²) in [4.78, 5) is 62.4. The zero-order valence-corrected chi connectivity index (χ0v) is 33.9. The number of thiol groups is 1. The highest BCUT2D eigenvalue weighted by atomic mass is 32.1. The van der Waals surface area contributed by atoms with Gasteiger partial charge in [0.05, 0.1) is 24.0 Å². The number of ether oxygens (including phenoxy) is 1. The molecule has 5 aliphatic rings. The van der Waals surface area contributed by atoms with Gasteiger partial charge in [-0.15, -0.1) is 12.6 Å². The second kappa shape index (κ2) is 16.6. The molecule has 316 valence electrons. The van der Waals surface area contributed by atoms with Crippen molar-refractivity contribution in [1.82, 2.24) is 20.1 Å². The minimum Gasteiger partial charge on any atom is -0.492 e. The Bertz CT molecular complexity index is 2220. The monoisotopic (exact) mass is 845 g/mol. The number of carbonyl (C=O) groups excluding carboxylic acids is 4.